The first-order valence-electron chi connectivity index (χ1n) is 9.32. The van der Waals surface area contributed by atoms with Gasteiger partial charge in [0.15, 0.2) is 0 Å². The number of ether oxygens (including phenoxy) is 2. The summed E-state index contributed by atoms with van der Waals surface area (Å²) in [5.41, 5.74) is 3.38. The molecule has 0 fully saturated rings. The molecule has 0 radical (unpaired) electrons. The van der Waals surface area contributed by atoms with Gasteiger partial charge >= 0.3 is 0 Å². The van der Waals surface area contributed by atoms with Crippen molar-refractivity contribution in [2.45, 2.75) is 6.92 Å². The van der Waals surface area contributed by atoms with Gasteiger partial charge in [0.25, 0.3) is 5.91 Å². The van der Waals surface area contributed by atoms with Gasteiger partial charge in [0.1, 0.15) is 22.5 Å². The van der Waals surface area contributed by atoms with E-state index in [4.69, 9.17) is 9.47 Å². The molecule has 1 N–H and O–H groups in total. The first-order chi connectivity index (χ1) is 14.6. The van der Waals surface area contributed by atoms with Crippen molar-refractivity contribution in [2.24, 2.45) is 0 Å². The molecule has 0 atom stereocenters. The summed E-state index contributed by atoms with van der Waals surface area (Å²) >= 11 is 3.40. The summed E-state index contributed by atoms with van der Waals surface area (Å²) in [6.45, 7) is 2.56. The van der Waals surface area contributed by atoms with Gasteiger partial charge in [0.05, 0.1) is 23.9 Å². The molecular weight excluding hydrogens is 448 g/mol. The quantitative estimate of drug-likeness (QED) is 0.439. The zero-order valence-electron chi connectivity index (χ0n) is 16.4. The maximum Gasteiger partial charge on any atom is 0.255 e. The maximum absolute atomic E-state index is 12.6. The number of hydrogen-bond acceptors (Lipinski definition) is 5. The van der Waals surface area contributed by atoms with Crippen molar-refractivity contribution < 1.29 is 14.3 Å². The Morgan fingerprint density at radius 2 is 1.80 bits per heavy atom. The minimum Gasteiger partial charge on any atom is -0.496 e. The van der Waals surface area contributed by atoms with Crippen LogP contribution in [0.4, 0.5) is 5.69 Å². The molecule has 0 spiro atoms. The second kappa shape index (κ2) is 8.54. The molecule has 0 unspecified atom stereocenters. The van der Waals surface area contributed by atoms with E-state index in [0.717, 1.165) is 17.0 Å². The molecule has 8 heteroatoms. The number of anilines is 1. The number of nitrogens with one attached hydrogen (secondary N) is 1. The lowest BCUT2D eigenvalue weighted by atomic mass is 10.2. The molecule has 0 saturated heterocycles. The van der Waals surface area contributed by atoms with Crippen LogP contribution in [0.2, 0.25) is 0 Å². The van der Waals surface area contributed by atoms with Crippen molar-refractivity contribution in [1.29, 1.82) is 0 Å². The van der Waals surface area contributed by atoms with Gasteiger partial charge in [-0.2, -0.15) is 4.80 Å². The van der Waals surface area contributed by atoms with Gasteiger partial charge < -0.3 is 14.8 Å². The second-order valence-corrected chi connectivity index (χ2v) is 7.28. The maximum atomic E-state index is 12.6. The normalized spacial score (nSPS) is 10.8. The largest absolute Gasteiger partial charge is 0.496 e. The molecule has 4 aromatic rings. The molecule has 30 heavy (non-hydrogen) atoms. The summed E-state index contributed by atoms with van der Waals surface area (Å²) in [5.74, 6) is 1.24. The Kier molecular flexibility index (Phi) is 5.67. The Bertz CT molecular complexity index is 1200. The minimum atomic E-state index is -0.225. The standard InChI is InChI=1S/C22H19BrN4O3/c1-3-30-17-8-6-16(7-9-17)27-25-19-10-5-15(13-20(19)26-27)24-22(28)14-4-11-21(29-2)18(23)12-14/h4-13H,3H2,1-2H3,(H,24,28). The summed E-state index contributed by atoms with van der Waals surface area (Å²) in [4.78, 5) is 14.2. The lowest BCUT2D eigenvalue weighted by Gasteiger charge is -2.07. The van der Waals surface area contributed by atoms with Crippen molar-refractivity contribution in [2.75, 3.05) is 19.0 Å². The third-order valence-electron chi connectivity index (χ3n) is 4.43. The van der Waals surface area contributed by atoms with Gasteiger partial charge in [-0.1, -0.05) is 0 Å². The highest BCUT2D eigenvalue weighted by molar-refractivity contribution is 9.10. The summed E-state index contributed by atoms with van der Waals surface area (Å²) in [6, 6.07) is 18.1. The van der Waals surface area contributed by atoms with E-state index in [1.807, 2.05) is 37.3 Å². The molecule has 0 aliphatic carbocycles. The van der Waals surface area contributed by atoms with E-state index < -0.39 is 0 Å². The number of halogens is 1. The smallest absolute Gasteiger partial charge is 0.255 e. The lowest BCUT2D eigenvalue weighted by Crippen LogP contribution is -2.11. The number of carbonyl (C=O) groups excluding carboxylic acids is 1. The molecule has 0 bridgehead atoms. The molecule has 1 amide bonds. The first-order valence-corrected chi connectivity index (χ1v) is 10.1. The molecule has 0 aliphatic rings. The van der Waals surface area contributed by atoms with Crippen LogP contribution in [0.25, 0.3) is 16.7 Å². The highest BCUT2D eigenvalue weighted by Gasteiger charge is 2.11. The molecule has 0 saturated carbocycles. The summed E-state index contributed by atoms with van der Waals surface area (Å²) in [5, 5.41) is 11.9. The summed E-state index contributed by atoms with van der Waals surface area (Å²) < 4.78 is 11.4. The van der Waals surface area contributed by atoms with Crippen molar-refractivity contribution >= 4 is 38.6 Å². The van der Waals surface area contributed by atoms with Crippen LogP contribution in [-0.4, -0.2) is 34.6 Å². The summed E-state index contributed by atoms with van der Waals surface area (Å²) in [7, 11) is 1.58. The van der Waals surface area contributed by atoms with Gasteiger partial charge in [-0.15, -0.1) is 10.2 Å². The van der Waals surface area contributed by atoms with Crippen LogP contribution in [0.3, 0.4) is 0 Å². The zero-order valence-corrected chi connectivity index (χ0v) is 18.0. The van der Waals surface area contributed by atoms with Gasteiger partial charge in [-0.25, -0.2) is 0 Å². The van der Waals surface area contributed by atoms with Gasteiger partial charge in [-0.3, -0.25) is 4.79 Å². The van der Waals surface area contributed by atoms with Crippen molar-refractivity contribution in [3.63, 3.8) is 0 Å². The van der Waals surface area contributed by atoms with E-state index >= 15 is 0 Å². The molecule has 0 aliphatic heterocycles. The van der Waals surface area contributed by atoms with Crippen LogP contribution in [0.5, 0.6) is 11.5 Å². The zero-order chi connectivity index (χ0) is 21.1. The van der Waals surface area contributed by atoms with E-state index in [9.17, 15) is 4.79 Å². The molecule has 1 heterocycles. The van der Waals surface area contributed by atoms with Crippen LogP contribution >= 0.6 is 15.9 Å². The Hall–Kier alpha value is -3.39. The van der Waals surface area contributed by atoms with Crippen LogP contribution in [0.15, 0.2) is 65.1 Å². The van der Waals surface area contributed by atoms with Gasteiger partial charge in [0.2, 0.25) is 0 Å². The predicted octanol–water partition coefficient (Wildman–Crippen LogP) is 4.84. The predicted molar refractivity (Wildman–Crippen MR) is 119 cm³/mol. The number of benzene rings is 3. The average molecular weight is 467 g/mol. The van der Waals surface area contributed by atoms with Crippen LogP contribution < -0.4 is 14.8 Å². The SMILES string of the molecule is CCOc1ccc(-n2nc3ccc(NC(=O)c4ccc(OC)c(Br)c4)cc3n2)cc1. The number of methoxy groups -OCH3 is 1. The number of rotatable bonds is 6. The van der Waals surface area contributed by atoms with E-state index in [2.05, 4.69) is 31.4 Å². The Morgan fingerprint density at radius 3 is 2.50 bits per heavy atom. The number of nitrogens with zero attached hydrogens (tertiary/aromatic N) is 3. The van der Waals surface area contributed by atoms with Crippen molar-refractivity contribution in [3.05, 3.63) is 70.7 Å². The number of aromatic nitrogens is 3. The number of carbonyl (C=O) groups is 1. The minimum absolute atomic E-state index is 0.225. The fourth-order valence-electron chi connectivity index (χ4n) is 2.96. The topological polar surface area (TPSA) is 78.3 Å². The number of amides is 1. The second-order valence-electron chi connectivity index (χ2n) is 6.42. The number of hydrogen-bond donors (Lipinski definition) is 1. The third kappa shape index (κ3) is 4.13. The molecular formula is C22H19BrN4O3. The monoisotopic (exact) mass is 466 g/mol. The average Bonchev–Trinajstić information content (AvgIpc) is 3.18. The molecule has 152 valence electrons. The third-order valence-corrected chi connectivity index (χ3v) is 5.05. The molecule has 1 aromatic heterocycles. The van der Waals surface area contributed by atoms with E-state index in [1.165, 1.54) is 0 Å². The Balaban J connectivity index is 1.55. The Morgan fingerprint density at radius 1 is 1.03 bits per heavy atom. The highest BCUT2D eigenvalue weighted by atomic mass is 79.9. The van der Waals surface area contributed by atoms with Crippen molar-refractivity contribution in [3.8, 4) is 17.2 Å². The summed E-state index contributed by atoms with van der Waals surface area (Å²) in [6.07, 6.45) is 0. The fraction of sp³-hybridized carbons (Fsp3) is 0.136. The Labute approximate surface area is 181 Å². The molecule has 3 aromatic carbocycles. The van der Waals surface area contributed by atoms with Crippen LogP contribution in [0, 0.1) is 0 Å². The first kappa shape index (κ1) is 19.9. The van der Waals surface area contributed by atoms with Crippen molar-refractivity contribution in [1.82, 2.24) is 15.0 Å². The van der Waals surface area contributed by atoms with Gasteiger partial charge in [0, 0.05) is 11.3 Å². The van der Waals surface area contributed by atoms with E-state index in [-0.39, 0.29) is 5.91 Å². The van der Waals surface area contributed by atoms with Crippen LogP contribution in [0.1, 0.15) is 17.3 Å². The molecule has 7 nitrogen and oxygen atoms in total. The molecule has 4 rings (SSSR count). The van der Waals surface area contributed by atoms with E-state index in [1.54, 1.807) is 42.2 Å². The highest BCUT2D eigenvalue weighted by Crippen LogP contribution is 2.26. The van der Waals surface area contributed by atoms with Gasteiger partial charge in [-0.05, 0) is 83.5 Å². The van der Waals surface area contributed by atoms with Crippen LogP contribution in [-0.2, 0) is 0 Å². The van der Waals surface area contributed by atoms with E-state index in [0.29, 0.717) is 33.6 Å². The fourth-order valence-corrected chi connectivity index (χ4v) is 3.50. The number of fused-ring (bicyclic) bond motifs is 1. The lowest BCUT2D eigenvalue weighted by molar-refractivity contribution is 0.102.